The molecule has 0 spiro atoms. The Bertz CT molecular complexity index is 713. The first kappa shape index (κ1) is 14.7. The number of carboxylic acid groups (broad SMARTS) is 1. The molecule has 0 fully saturated rings. The molecule has 0 aromatic heterocycles. The molecule has 0 amide bonds. The number of nitrogens with one attached hydrogen (secondary N) is 1. The number of carbonyl (C=O) groups excluding carboxylic acids is 1. The van der Waals surface area contributed by atoms with Crippen molar-refractivity contribution in [2.45, 2.75) is 32.2 Å². The Kier molecular flexibility index (Phi) is 3.94. The fraction of sp³-hybridized carbons (Fsp3) is 0.333. The molecule has 22 heavy (non-hydrogen) atoms. The van der Waals surface area contributed by atoms with E-state index in [-0.39, 0.29) is 12.2 Å². The summed E-state index contributed by atoms with van der Waals surface area (Å²) in [5.41, 5.74) is 4.82. The SMILES string of the molecule is CNCc1ccccc1C1=C(C(=O)O)CC2=C1CCCC2=O. The lowest BCUT2D eigenvalue weighted by Gasteiger charge is -2.18. The van der Waals surface area contributed by atoms with Gasteiger partial charge in [-0.1, -0.05) is 24.3 Å². The second-order valence-electron chi connectivity index (χ2n) is 5.76. The van der Waals surface area contributed by atoms with E-state index in [0.717, 1.165) is 40.7 Å². The number of ketones is 1. The van der Waals surface area contributed by atoms with Gasteiger partial charge in [0.25, 0.3) is 0 Å². The van der Waals surface area contributed by atoms with E-state index in [1.54, 1.807) is 0 Å². The van der Waals surface area contributed by atoms with Crippen molar-refractivity contribution in [1.29, 1.82) is 0 Å². The summed E-state index contributed by atoms with van der Waals surface area (Å²) in [6.07, 6.45) is 2.41. The molecule has 0 saturated carbocycles. The van der Waals surface area contributed by atoms with Gasteiger partial charge < -0.3 is 10.4 Å². The van der Waals surface area contributed by atoms with Gasteiger partial charge in [0.1, 0.15) is 0 Å². The van der Waals surface area contributed by atoms with Gasteiger partial charge in [0.15, 0.2) is 5.78 Å². The van der Waals surface area contributed by atoms with Crippen LogP contribution in [0, 0.1) is 0 Å². The number of hydrogen-bond acceptors (Lipinski definition) is 3. The van der Waals surface area contributed by atoms with E-state index < -0.39 is 5.97 Å². The van der Waals surface area contributed by atoms with Crippen LogP contribution in [0.25, 0.3) is 5.57 Å². The third-order valence-corrected chi connectivity index (χ3v) is 4.40. The summed E-state index contributed by atoms with van der Waals surface area (Å²) in [4.78, 5) is 23.8. The molecule has 0 atom stereocenters. The molecule has 4 nitrogen and oxygen atoms in total. The van der Waals surface area contributed by atoms with Gasteiger partial charge in [-0.15, -0.1) is 0 Å². The van der Waals surface area contributed by atoms with Gasteiger partial charge >= 0.3 is 5.97 Å². The van der Waals surface area contributed by atoms with Crippen molar-refractivity contribution < 1.29 is 14.7 Å². The van der Waals surface area contributed by atoms with Gasteiger partial charge in [-0.2, -0.15) is 0 Å². The molecule has 0 radical (unpaired) electrons. The Morgan fingerprint density at radius 2 is 2.00 bits per heavy atom. The second kappa shape index (κ2) is 5.89. The Morgan fingerprint density at radius 1 is 1.23 bits per heavy atom. The highest BCUT2D eigenvalue weighted by Crippen LogP contribution is 2.45. The van der Waals surface area contributed by atoms with Gasteiger partial charge in [-0.05, 0) is 42.2 Å². The monoisotopic (exact) mass is 297 g/mol. The molecule has 4 heteroatoms. The third kappa shape index (κ3) is 2.40. The van der Waals surface area contributed by atoms with Gasteiger partial charge in [0, 0.05) is 30.5 Å². The zero-order chi connectivity index (χ0) is 15.7. The molecule has 0 saturated heterocycles. The predicted octanol–water partition coefficient (Wildman–Crippen LogP) is 2.70. The molecule has 1 aromatic carbocycles. The Morgan fingerprint density at radius 3 is 2.73 bits per heavy atom. The summed E-state index contributed by atoms with van der Waals surface area (Å²) in [6.45, 7) is 0.670. The quantitative estimate of drug-likeness (QED) is 0.896. The number of carboxylic acids is 1. The first-order chi connectivity index (χ1) is 10.6. The van der Waals surface area contributed by atoms with E-state index in [0.29, 0.717) is 18.5 Å². The summed E-state index contributed by atoms with van der Waals surface area (Å²) in [5.74, 6) is -0.808. The van der Waals surface area contributed by atoms with Crippen LogP contribution in [0.2, 0.25) is 0 Å². The number of rotatable bonds is 4. The first-order valence-electron chi connectivity index (χ1n) is 7.58. The van der Waals surface area contributed by atoms with Crippen LogP contribution >= 0.6 is 0 Å². The van der Waals surface area contributed by atoms with E-state index in [4.69, 9.17) is 0 Å². The highest BCUT2D eigenvalue weighted by atomic mass is 16.4. The predicted molar refractivity (Wildman–Crippen MR) is 84.3 cm³/mol. The first-order valence-corrected chi connectivity index (χ1v) is 7.58. The van der Waals surface area contributed by atoms with Crippen LogP contribution in [-0.4, -0.2) is 23.9 Å². The molecule has 2 aliphatic carbocycles. The van der Waals surface area contributed by atoms with Crippen LogP contribution in [0.5, 0.6) is 0 Å². The largest absolute Gasteiger partial charge is 0.478 e. The average Bonchev–Trinajstić information content (AvgIpc) is 2.89. The minimum Gasteiger partial charge on any atom is -0.478 e. The number of hydrogen-bond donors (Lipinski definition) is 2. The van der Waals surface area contributed by atoms with Gasteiger partial charge in [0.2, 0.25) is 0 Å². The lowest BCUT2D eigenvalue weighted by molar-refractivity contribution is -0.132. The molecule has 0 aliphatic heterocycles. The zero-order valence-corrected chi connectivity index (χ0v) is 12.6. The minimum atomic E-state index is -0.920. The van der Waals surface area contributed by atoms with E-state index >= 15 is 0 Å². The van der Waals surface area contributed by atoms with Crippen molar-refractivity contribution >= 4 is 17.3 Å². The third-order valence-electron chi connectivity index (χ3n) is 4.40. The van der Waals surface area contributed by atoms with E-state index in [2.05, 4.69) is 5.32 Å². The molecule has 2 aliphatic rings. The van der Waals surface area contributed by atoms with Crippen LogP contribution in [0.15, 0.2) is 41.0 Å². The summed E-state index contributed by atoms with van der Waals surface area (Å²) in [7, 11) is 1.87. The number of aliphatic carboxylic acids is 1. The molecule has 114 valence electrons. The maximum absolute atomic E-state index is 12.1. The van der Waals surface area contributed by atoms with Gasteiger partial charge in [0.05, 0.1) is 0 Å². The van der Waals surface area contributed by atoms with Crippen molar-refractivity contribution in [2.24, 2.45) is 0 Å². The van der Waals surface area contributed by atoms with Crippen molar-refractivity contribution in [3.8, 4) is 0 Å². The molecule has 1 aromatic rings. The number of allylic oxidation sites excluding steroid dienone is 3. The highest BCUT2D eigenvalue weighted by Gasteiger charge is 2.34. The second-order valence-corrected chi connectivity index (χ2v) is 5.76. The van der Waals surface area contributed by atoms with Crippen molar-refractivity contribution in [1.82, 2.24) is 5.32 Å². The molecule has 2 N–H and O–H groups in total. The van der Waals surface area contributed by atoms with Crippen LogP contribution in [0.3, 0.4) is 0 Å². The van der Waals surface area contributed by atoms with Crippen molar-refractivity contribution in [2.75, 3.05) is 7.05 Å². The standard InChI is InChI=1S/C18H19NO3/c1-19-10-11-5-2-3-6-12(11)17-13-7-4-8-16(20)14(13)9-15(17)18(21)22/h2-3,5-6,19H,4,7-10H2,1H3,(H,21,22). The summed E-state index contributed by atoms with van der Waals surface area (Å²) < 4.78 is 0. The number of benzene rings is 1. The molecular formula is C18H19NO3. The fourth-order valence-corrected chi connectivity index (χ4v) is 3.44. The lowest BCUT2D eigenvalue weighted by atomic mass is 9.86. The fourth-order valence-electron chi connectivity index (χ4n) is 3.44. The van der Waals surface area contributed by atoms with E-state index in [1.165, 1.54) is 0 Å². The van der Waals surface area contributed by atoms with Crippen LogP contribution < -0.4 is 5.32 Å². The van der Waals surface area contributed by atoms with Crippen molar-refractivity contribution in [3.63, 3.8) is 0 Å². The summed E-state index contributed by atoms with van der Waals surface area (Å²) >= 11 is 0. The van der Waals surface area contributed by atoms with Crippen LogP contribution in [0.1, 0.15) is 36.8 Å². The average molecular weight is 297 g/mol. The Balaban J connectivity index is 2.18. The smallest absolute Gasteiger partial charge is 0.332 e. The maximum Gasteiger partial charge on any atom is 0.332 e. The Labute approximate surface area is 129 Å². The number of Topliss-reactive ketones (excluding diaryl/α,β-unsaturated/α-hetero) is 1. The van der Waals surface area contributed by atoms with Crippen LogP contribution in [0.4, 0.5) is 0 Å². The topological polar surface area (TPSA) is 66.4 Å². The summed E-state index contributed by atoms with van der Waals surface area (Å²) in [6, 6.07) is 7.83. The van der Waals surface area contributed by atoms with E-state index in [9.17, 15) is 14.7 Å². The molecule has 0 bridgehead atoms. The Hall–Kier alpha value is -2.20. The highest BCUT2D eigenvalue weighted by molar-refractivity contribution is 6.12. The number of carbonyl (C=O) groups is 2. The van der Waals surface area contributed by atoms with Gasteiger partial charge in [-0.3, -0.25) is 4.79 Å². The van der Waals surface area contributed by atoms with Crippen LogP contribution in [-0.2, 0) is 16.1 Å². The molecule has 0 heterocycles. The molecule has 3 rings (SSSR count). The van der Waals surface area contributed by atoms with Crippen molar-refractivity contribution in [3.05, 3.63) is 52.1 Å². The minimum absolute atomic E-state index is 0.112. The van der Waals surface area contributed by atoms with Gasteiger partial charge in [-0.25, -0.2) is 4.79 Å². The maximum atomic E-state index is 12.1. The summed E-state index contributed by atoms with van der Waals surface area (Å²) in [5, 5.41) is 12.7. The molecule has 0 unspecified atom stereocenters. The van der Waals surface area contributed by atoms with E-state index in [1.807, 2.05) is 31.3 Å². The normalized spacial score (nSPS) is 18.0. The molecular weight excluding hydrogens is 278 g/mol. The lowest BCUT2D eigenvalue weighted by Crippen LogP contribution is -2.10. The zero-order valence-electron chi connectivity index (χ0n) is 12.6.